The third-order valence-electron chi connectivity index (χ3n) is 7.28. The molecule has 9 nitrogen and oxygen atoms in total. The Balaban J connectivity index is 1.53. The van der Waals surface area contributed by atoms with Crippen molar-refractivity contribution >= 4 is 10.9 Å². The zero-order valence-electron chi connectivity index (χ0n) is 23.3. The fraction of sp³-hybridized carbons (Fsp3) is 0.290. The number of hydrogen-bond donors (Lipinski definition) is 1. The Morgan fingerprint density at radius 1 is 0.950 bits per heavy atom. The lowest BCUT2D eigenvalue weighted by molar-refractivity contribution is 0.159. The molecule has 0 saturated carbocycles. The quantitative estimate of drug-likeness (QED) is 0.252. The molecule has 0 radical (unpaired) electrons. The molecule has 5 rings (SSSR count). The Morgan fingerprint density at radius 2 is 1.73 bits per heavy atom. The van der Waals surface area contributed by atoms with Gasteiger partial charge in [-0.15, -0.1) is 5.10 Å². The van der Waals surface area contributed by atoms with E-state index in [1.54, 1.807) is 14.2 Å². The molecule has 0 unspecified atom stereocenters. The van der Waals surface area contributed by atoms with Crippen LogP contribution in [0.2, 0.25) is 0 Å². The molecule has 0 bridgehead atoms. The summed E-state index contributed by atoms with van der Waals surface area (Å²) in [5, 5.41) is 13.8. The highest BCUT2D eigenvalue weighted by atomic mass is 16.5. The number of fused-ring (bicyclic) bond motifs is 1. The molecular formula is C31H34N6O3. The van der Waals surface area contributed by atoms with E-state index in [2.05, 4.69) is 32.3 Å². The Bertz CT molecular complexity index is 1640. The fourth-order valence-corrected chi connectivity index (χ4v) is 5.16. The first-order valence-electron chi connectivity index (χ1n) is 13.4. The van der Waals surface area contributed by atoms with Crippen molar-refractivity contribution in [2.45, 2.75) is 45.9 Å². The van der Waals surface area contributed by atoms with Gasteiger partial charge in [0.15, 0.2) is 5.82 Å². The van der Waals surface area contributed by atoms with E-state index in [-0.39, 0.29) is 11.6 Å². The number of benzene rings is 3. The maximum absolute atomic E-state index is 13.3. The van der Waals surface area contributed by atoms with Crippen molar-refractivity contribution in [1.29, 1.82) is 0 Å². The molecule has 9 heteroatoms. The van der Waals surface area contributed by atoms with Crippen molar-refractivity contribution in [2.75, 3.05) is 14.2 Å². The van der Waals surface area contributed by atoms with E-state index in [0.29, 0.717) is 25.2 Å². The lowest BCUT2D eigenvalue weighted by Crippen LogP contribution is -2.32. The lowest BCUT2D eigenvalue weighted by Gasteiger charge is -2.30. The summed E-state index contributed by atoms with van der Waals surface area (Å²) in [6.07, 6.45) is 0.739. The van der Waals surface area contributed by atoms with Crippen LogP contribution < -0.4 is 15.0 Å². The van der Waals surface area contributed by atoms with Crippen LogP contribution in [0.1, 0.15) is 47.5 Å². The zero-order chi connectivity index (χ0) is 28.1. The monoisotopic (exact) mass is 538 g/mol. The summed E-state index contributed by atoms with van der Waals surface area (Å²) in [5.74, 6) is 2.33. The van der Waals surface area contributed by atoms with Crippen LogP contribution in [-0.2, 0) is 19.6 Å². The van der Waals surface area contributed by atoms with Crippen LogP contribution in [-0.4, -0.2) is 44.3 Å². The molecule has 3 aromatic carbocycles. The van der Waals surface area contributed by atoms with Gasteiger partial charge in [-0.05, 0) is 64.5 Å². The summed E-state index contributed by atoms with van der Waals surface area (Å²) in [6.45, 7) is 5.58. The first-order chi connectivity index (χ1) is 19.5. The Labute approximate surface area is 233 Å². The second-order valence-electron chi connectivity index (χ2n) is 9.85. The number of aromatic nitrogens is 5. The molecule has 2 aromatic heterocycles. The van der Waals surface area contributed by atoms with Gasteiger partial charge in [-0.3, -0.25) is 9.69 Å². The third-order valence-corrected chi connectivity index (χ3v) is 7.28. The Hall–Kier alpha value is -4.50. The molecule has 0 spiro atoms. The summed E-state index contributed by atoms with van der Waals surface area (Å²) in [4.78, 5) is 18.6. The number of para-hydroxylation sites is 2. The van der Waals surface area contributed by atoms with E-state index in [0.717, 1.165) is 51.3 Å². The Kier molecular flexibility index (Phi) is 8.21. The predicted molar refractivity (Wildman–Crippen MR) is 154 cm³/mol. The van der Waals surface area contributed by atoms with Gasteiger partial charge >= 0.3 is 0 Å². The molecule has 1 N–H and O–H groups in total. The molecule has 40 heavy (non-hydrogen) atoms. The van der Waals surface area contributed by atoms with Crippen LogP contribution in [0.25, 0.3) is 10.9 Å². The van der Waals surface area contributed by atoms with Crippen molar-refractivity contribution in [3.8, 4) is 11.5 Å². The summed E-state index contributed by atoms with van der Waals surface area (Å²) < 4.78 is 12.8. The summed E-state index contributed by atoms with van der Waals surface area (Å²) in [6, 6.07) is 23.7. The van der Waals surface area contributed by atoms with Crippen molar-refractivity contribution < 1.29 is 9.47 Å². The highest BCUT2D eigenvalue weighted by Gasteiger charge is 2.27. The number of pyridine rings is 1. The SMILES string of the molecule is CC[C@@H](c1nnnn1Cc1ccc(OC)cc1)N(Cc1ccccc1OC)Cc1cc2cccc(C)c2[nH]c1=O. The number of rotatable bonds is 11. The summed E-state index contributed by atoms with van der Waals surface area (Å²) in [7, 11) is 3.32. The topological polar surface area (TPSA) is 98.2 Å². The van der Waals surface area contributed by atoms with Gasteiger partial charge in [0, 0.05) is 24.2 Å². The number of nitrogens with zero attached hydrogens (tertiary/aromatic N) is 5. The van der Waals surface area contributed by atoms with Crippen molar-refractivity contribution in [3.05, 3.63) is 111 Å². The number of nitrogens with one attached hydrogen (secondary N) is 1. The number of aryl methyl sites for hydroxylation is 1. The number of hydrogen-bond acceptors (Lipinski definition) is 7. The van der Waals surface area contributed by atoms with Gasteiger partial charge in [0.05, 0.1) is 32.3 Å². The van der Waals surface area contributed by atoms with Crippen LogP contribution in [0.5, 0.6) is 11.5 Å². The smallest absolute Gasteiger partial charge is 0.252 e. The first-order valence-corrected chi connectivity index (χ1v) is 13.4. The van der Waals surface area contributed by atoms with Gasteiger partial charge in [0.2, 0.25) is 0 Å². The number of aromatic amines is 1. The molecule has 2 heterocycles. The molecule has 5 aromatic rings. The lowest BCUT2D eigenvalue weighted by atomic mass is 10.1. The Morgan fingerprint density at radius 3 is 2.48 bits per heavy atom. The first kappa shape index (κ1) is 27.1. The molecule has 0 saturated heterocycles. The van der Waals surface area contributed by atoms with E-state index in [1.807, 2.05) is 84.4 Å². The summed E-state index contributed by atoms with van der Waals surface area (Å²) >= 11 is 0. The van der Waals surface area contributed by atoms with Crippen LogP contribution in [0.3, 0.4) is 0 Å². The highest BCUT2D eigenvalue weighted by molar-refractivity contribution is 5.81. The minimum absolute atomic E-state index is 0.0977. The normalized spacial score (nSPS) is 12.1. The van der Waals surface area contributed by atoms with E-state index in [4.69, 9.17) is 9.47 Å². The molecule has 0 aliphatic rings. The van der Waals surface area contributed by atoms with Crippen molar-refractivity contribution in [1.82, 2.24) is 30.1 Å². The number of tetrazole rings is 1. The van der Waals surface area contributed by atoms with Gasteiger partial charge in [0.1, 0.15) is 11.5 Å². The number of ether oxygens (including phenoxy) is 2. The molecule has 206 valence electrons. The van der Waals surface area contributed by atoms with Crippen LogP contribution >= 0.6 is 0 Å². The molecule has 0 aliphatic carbocycles. The largest absolute Gasteiger partial charge is 0.497 e. The zero-order valence-corrected chi connectivity index (χ0v) is 23.3. The van der Waals surface area contributed by atoms with Crippen LogP contribution in [0.15, 0.2) is 77.6 Å². The minimum atomic E-state index is -0.161. The standard InChI is InChI=1S/C31H34N6O3/c1-5-27(30-33-34-35-37(30)18-22-13-15-26(39-3)16-14-22)36(19-24-10-6-7-12-28(24)40-4)20-25-17-23-11-8-9-21(2)29(23)32-31(25)38/h6-17,27H,5,18-20H2,1-4H3,(H,32,38)/t27-/m0/s1. The molecule has 0 aliphatic heterocycles. The minimum Gasteiger partial charge on any atom is -0.497 e. The van der Waals surface area contributed by atoms with Gasteiger partial charge in [-0.25, -0.2) is 4.68 Å². The summed E-state index contributed by atoms with van der Waals surface area (Å²) in [5.41, 5.74) is 4.56. The van der Waals surface area contributed by atoms with E-state index in [9.17, 15) is 4.79 Å². The van der Waals surface area contributed by atoms with E-state index in [1.165, 1.54) is 0 Å². The molecule has 1 atom stereocenters. The third kappa shape index (κ3) is 5.74. The predicted octanol–water partition coefficient (Wildman–Crippen LogP) is 5.04. The van der Waals surface area contributed by atoms with Crippen LogP contribution in [0.4, 0.5) is 0 Å². The van der Waals surface area contributed by atoms with Crippen LogP contribution in [0, 0.1) is 6.92 Å². The van der Waals surface area contributed by atoms with Gasteiger partial charge in [0.25, 0.3) is 5.56 Å². The average Bonchev–Trinajstić information content (AvgIpc) is 3.42. The van der Waals surface area contributed by atoms with Gasteiger partial charge in [-0.1, -0.05) is 55.5 Å². The maximum atomic E-state index is 13.3. The fourth-order valence-electron chi connectivity index (χ4n) is 5.16. The second kappa shape index (κ2) is 12.1. The molecular weight excluding hydrogens is 504 g/mol. The number of methoxy groups -OCH3 is 2. The maximum Gasteiger partial charge on any atom is 0.252 e. The molecule has 0 amide bonds. The second-order valence-corrected chi connectivity index (χ2v) is 9.85. The van der Waals surface area contributed by atoms with Gasteiger partial charge in [-0.2, -0.15) is 0 Å². The van der Waals surface area contributed by atoms with E-state index < -0.39 is 0 Å². The molecule has 0 fully saturated rings. The average molecular weight is 539 g/mol. The van der Waals surface area contributed by atoms with E-state index >= 15 is 0 Å². The highest BCUT2D eigenvalue weighted by Crippen LogP contribution is 2.29. The number of H-pyrrole nitrogens is 1. The van der Waals surface area contributed by atoms with Crippen molar-refractivity contribution in [3.63, 3.8) is 0 Å². The van der Waals surface area contributed by atoms with Crippen molar-refractivity contribution in [2.24, 2.45) is 0 Å². The van der Waals surface area contributed by atoms with Gasteiger partial charge < -0.3 is 14.5 Å².